The van der Waals surface area contributed by atoms with Crippen molar-refractivity contribution in [1.29, 1.82) is 0 Å². The van der Waals surface area contributed by atoms with Crippen LogP contribution in [-0.2, 0) is 0 Å². The molecule has 86 valence electrons. The fraction of sp³-hybridized carbons (Fsp3) is 1.00. The average molecular weight is 216 g/mol. The molecule has 0 aliphatic carbocycles. The van der Waals surface area contributed by atoms with Crippen molar-refractivity contribution < 1.29 is 5.11 Å². The molecule has 0 saturated heterocycles. The van der Waals surface area contributed by atoms with E-state index in [0.717, 1.165) is 14.3 Å². The van der Waals surface area contributed by atoms with Gasteiger partial charge in [0.2, 0.25) is 0 Å². The molecular formula is C12H29AlO. The van der Waals surface area contributed by atoms with Gasteiger partial charge in [0.05, 0.1) is 0 Å². The summed E-state index contributed by atoms with van der Waals surface area (Å²) in [6.45, 7) is 17.8. The van der Waals surface area contributed by atoms with E-state index in [1.54, 1.807) is 13.8 Å². The van der Waals surface area contributed by atoms with Crippen LogP contribution in [0.3, 0.4) is 0 Å². The van der Waals surface area contributed by atoms with E-state index in [-0.39, 0.29) is 6.10 Å². The summed E-state index contributed by atoms with van der Waals surface area (Å²) < 4.78 is 2.92. The first-order valence-electron chi connectivity index (χ1n) is 5.88. The zero-order chi connectivity index (χ0) is 11.9. The summed E-state index contributed by atoms with van der Waals surface area (Å²) in [5.41, 5.74) is 0. The van der Waals surface area contributed by atoms with Crippen molar-refractivity contribution in [3.05, 3.63) is 0 Å². The molecule has 0 spiro atoms. The lowest BCUT2D eigenvalue weighted by molar-refractivity contribution is 0.216. The van der Waals surface area contributed by atoms with Crippen molar-refractivity contribution in [3.8, 4) is 0 Å². The van der Waals surface area contributed by atoms with Gasteiger partial charge in [-0.15, -0.1) is 0 Å². The minimum atomic E-state index is -0.454. The first-order chi connectivity index (χ1) is 6.20. The smallest absolute Gasteiger partial charge is 0.270 e. The summed E-state index contributed by atoms with van der Waals surface area (Å²) in [5.74, 6) is 0. The molecule has 0 unspecified atom stereocenters. The van der Waals surface area contributed by atoms with Gasteiger partial charge in [-0.1, -0.05) is 55.9 Å². The van der Waals surface area contributed by atoms with Gasteiger partial charge in [0.1, 0.15) is 0 Å². The summed E-state index contributed by atoms with van der Waals surface area (Å²) in [7, 11) is 0. The third-order valence-corrected chi connectivity index (χ3v) is 6.93. The lowest BCUT2D eigenvalue weighted by Crippen LogP contribution is -2.24. The van der Waals surface area contributed by atoms with Crippen LogP contribution >= 0.6 is 0 Å². The number of aliphatic hydroxyl groups is 1. The quantitative estimate of drug-likeness (QED) is 0.704. The second kappa shape index (κ2) is 8.77. The standard InChI is InChI=1S/C3H8O.3C3H7.Al/c1-3(2)4;3*1-3-2;/h3-4H,1-2H3;3*3H,1-2H3;. The highest BCUT2D eigenvalue weighted by atomic mass is 27.2. The molecule has 0 aliphatic heterocycles. The summed E-state index contributed by atoms with van der Waals surface area (Å²) in [6.07, 6.45) is -0.167. The molecule has 1 nitrogen and oxygen atoms in total. The lowest BCUT2D eigenvalue weighted by Gasteiger charge is -2.22. The number of aliphatic hydroxyl groups excluding tert-OH is 1. The Morgan fingerprint density at radius 1 is 0.643 bits per heavy atom. The molecule has 0 bridgehead atoms. The van der Waals surface area contributed by atoms with Gasteiger partial charge >= 0.3 is 0 Å². The normalized spacial score (nSPS) is 10.9. The minimum absolute atomic E-state index is 0.167. The van der Waals surface area contributed by atoms with Crippen LogP contribution in [0.5, 0.6) is 0 Å². The Morgan fingerprint density at radius 2 is 0.786 bits per heavy atom. The maximum atomic E-state index is 8.06. The van der Waals surface area contributed by atoms with Crippen LogP contribution in [-0.4, -0.2) is 25.4 Å². The second-order valence-electron chi connectivity index (χ2n) is 5.40. The zero-order valence-corrected chi connectivity index (χ0v) is 12.5. The van der Waals surface area contributed by atoms with Gasteiger partial charge in [-0.2, -0.15) is 0 Å². The number of hydrogen-bond acceptors (Lipinski definition) is 1. The van der Waals surface area contributed by atoms with Crippen LogP contribution in [0, 0.1) is 0 Å². The Hall–Kier alpha value is 0.492. The largest absolute Gasteiger partial charge is 0.394 e. The Bertz CT molecular complexity index is 97.7. The molecule has 0 heterocycles. The average Bonchev–Trinajstić information content (AvgIpc) is 1.80. The summed E-state index contributed by atoms with van der Waals surface area (Å²) in [4.78, 5) is 0. The van der Waals surface area contributed by atoms with E-state index in [4.69, 9.17) is 5.11 Å². The molecule has 0 aromatic heterocycles. The monoisotopic (exact) mass is 216 g/mol. The zero-order valence-electron chi connectivity index (χ0n) is 11.3. The van der Waals surface area contributed by atoms with E-state index in [1.165, 1.54) is 0 Å². The molecule has 1 N–H and O–H groups in total. The van der Waals surface area contributed by atoms with Crippen LogP contribution in [0.1, 0.15) is 55.4 Å². The van der Waals surface area contributed by atoms with Crippen LogP contribution in [0.2, 0.25) is 14.3 Å². The van der Waals surface area contributed by atoms with Gasteiger partial charge in [0.15, 0.2) is 0 Å². The minimum Gasteiger partial charge on any atom is -0.394 e. The van der Waals surface area contributed by atoms with Crippen molar-refractivity contribution in [1.82, 2.24) is 0 Å². The van der Waals surface area contributed by atoms with E-state index >= 15 is 0 Å². The van der Waals surface area contributed by atoms with E-state index < -0.39 is 14.1 Å². The van der Waals surface area contributed by atoms with Crippen molar-refractivity contribution in [2.75, 3.05) is 0 Å². The third kappa shape index (κ3) is 10.6. The molecule has 0 fully saturated rings. The Labute approximate surface area is 95.3 Å². The molecule has 0 atom stereocenters. The van der Waals surface area contributed by atoms with Crippen molar-refractivity contribution in [3.63, 3.8) is 0 Å². The molecule has 0 saturated carbocycles. The first-order valence-corrected chi connectivity index (χ1v) is 7.88. The lowest BCUT2D eigenvalue weighted by atomic mass is 10.5. The van der Waals surface area contributed by atoms with Gasteiger partial charge in [0, 0.05) is 6.10 Å². The van der Waals surface area contributed by atoms with Crippen LogP contribution in [0.4, 0.5) is 0 Å². The SMILES string of the molecule is CC(C)O.C[CH](C)[Al]([CH](C)C)[CH](C)C. The maximum absolute atomic E-state index is 8.06. The van der Waals surface area contributed by atoms with Crippen LogP contribution < -0.4 is 0 Å². The molecule has 2 heteroatoms. The second-order valence-corrected chi connectivity index (χ2v) is 10.6. The number of rotatable bonds is 3. The van der Waals surface area contributed by atoms with Crippen molar-refractivity contribution in [2.24, 2.45) is 0 Å². The Kier molecular flexibility index (Phi) is 10.6. The van der Waals surface area contributed by atoms with Crippen molar-refractivity contribution in [2.45, 2.75) is 75.8 Å². The summed E-state index contributed by atoms with van der Waals surface area (Å²) in [5, 5.41) is 8.06. The van der Waals surface area contributed by atoms with Crippen LogP contribution in [0.25, 0.3) is 0 Å². The molecule has 14 heavy (non-hydrogen) atoms. The topological polar surface area (TPSA) is 20.2 Å². The van der Waals surface area contributed by atoms with Crippen LogP contribution in [0.15, 0.2) is 0 Å². The summed E-state index contributed by atoms with van der Waals surface area (Å²) in [6, 6.07) is 0. The molecule has 0 aliphatic rings. The molecule has 0 radical (unpaired) electrons. The summed E-state index contributed by atoms with van der Waals surface area (Å²) >= 11 is -0.454. The first kappa shape index (κ1) is 16.9. The fourth-order valence-corrected chi connectivity index (χ4v) is 6.93. The van der Waals surface area contributed by atoms with Gasteiger partial charge in [-0.05, 0) is 13.8 Å². The van der Waals surface area contributed by atoms with Gasteiger partial charge in [-0.25, -0.2) is 0 Å². The Balaban J connectivity index is 0. The van der Waals surface area contributed by atoms with E-state index in [0.29, 0.717) is 0 Å². The van der Waals surface area contributed by atoms with Gasteiger partial charge in [-0.3, -0.25) is 0 Å². The predicted molar refractivity (Wildman–Crippen MR) is 68.4 cm³/mol. The van der Waals surface area contributed by atoms with E-state index in [1.807, 2.05) is 0 Å². The van der Waals surface area contributed by atoms with Gasteiger partial charge in [0.25, 0.3) is 14.1 Å². The van der Waals surface area contributed by atoms with E-state index in [9.17, 15) is 0 Å². The number of hydrogen-bond donors (Lipinski definition) is 1. The van der Waals surface area contributed by atoms with Gasteiger partial charge < -0.3 is 5.11 Å². The van der Waals surface area contributed by atoms with E-state index in [2.05, 4.69) is 41.5 Å². The predicted octanol–water partition coefficient (Wildman–Crippen LogP) is 4.10. The third-order valence-electron chi connectivity index (χ3n) is 2.31. The maximum Gasteiger partial charge on any atom is 0.270 e. The van der Waals surface area contributed by atoms with Crippen molar-refractivity contribution >= 4 is 14.1 Å². The molecular weight excluding hydrogens is 187 g/mol. The Morgan fingerprint density at radius 3 is 0.786 bits per heavy atom. The highest BCUT2D eigenvalue weighted by Crippen LogP contribution is 2.28. The molecule has 0 rings (SSSR count). The molecule has 0 aromatic carbocycles. The molecule has 0 amide bonds. The fourth-order valence-electron chi connectivity index (χ4n) is 2.31. The highest BCUT2D eigenvalue weighted by Gasteiger charge is 2.27. The molecule has 0 aromatic rings. The highest BCUT2D eigenvalue weighted by molar-refractivity contribution is 6.63.